The highest BCUT2D eigenvalue weighted by molar-refractivity contribution is 4.72. The lowest BCUT2D eigenvalue weighted by molar-refractivity contribution is 0.227. The maximum absolute atomic E-state index is 8.69. The number of hydrogen-bond donors (Lipinski definition) is 0. The molecular weight excluding hydrogens is 210 g/mol. The highest BCUT2D eigenvalue weighted by Gasteiger charge is 2.14. The first-order valence-electron chi connectivity index (χ1n) is 6.69. The van der Waals surface area contributed by atoms with E-state index in [4.69, 9.17) is 5.26 Å². The standard InChI is InChI=1S/C14H29N3/c1-12(2)17(6)10-8-14(4)13(3)7-9-16(5)11-15/h12-14H,7-10H2,1-6H3. The van der Waals surface area contributed by atoms with Gasteiger partial charge in [-0.1, -0.05) is 13.8 Å². The van der Waals surface area contributed by atoms with Crippen molar-refractivity contribution in [3.63, 3.8) is 0 Å². The summed E-state index contributed by atoms with van der Waals surface area (Å²) in [6, 6.07) is 0.627. The Labute approximate surface area is 107 Å². The Hall–Kier alpha value is -0.750. The minimum atomic E-state index is 0.627. The fourth-order valence-corrected chi connectivity index (χ4v) is 1.68. The van der Waals surface area contributed by atoms with Crippen molar-refractivity contribution in [3.05, 3.63) is 0 Å². The average Bonchev–Trinajstić information content (AvgIpc) is 2.31. The molecule has 17 heavy (non-hydrogen) atoms. The lowest BCUT2D eigenvalue weighted by atomic mass is 9.90. The molecule has 0 saturated heterocycles. The first-order chi connectivity index (χ1) is 7.88. The van der Waals surface area contributed by atoms with Crippen molar-refractivity contribution in [2.45, 2.75) is 46.6 Å². The van der Waals surface area contributed by atoms with Crippen LogP contribution < -0.4 is 0 Å². The van der Waals surface area contributed by atoms with Gasteiger partial charge in [-0.2, -0.15) is 5.26 Å². The lowest BCUT2D eigenvalue weighted by Gasteiger charge is -2.26. The summed E-state index contributed by atoms with van der Waals surface area (Å²) >= 11 is 0. The van der Waals surface area contributed by atoms with Crippen LogP contribution in [0, 0.1) is 23.3 Å². The van der Waals surface area contributed by atoms with Gasteiger partial charge in [-0.25, -0.2) is 0 Å². The van der Waals surface area contributed by atoms with E-state index in [1.165, 1.54) is 6.42 Å². The number of nitrogens with zero attached hydrogens (tertiary/aromatic N) is 3. The fourth-order valence-electron chi connectivity index (χ4n) is 1.68. The molecule has 100 valence electrons. The third-order valence-corrected chi connectivity index (χ3v) is 3.88. The molecule has 0 radical (unpaired) electrons. The van der Waals surface area contributed by atoms with Gasteiger partial charge in [0.2, 0.25) is 0 Å². The van der Waals surface area contributed by atoms with Gasteiger partial charge in [-0.05, 0) is 52.1 Å². The molecule has 0 aliphatic carbocycles. The van der Waals surface area contributed by atoms with Crippen molar-refractivity contribution < 1.29 is 0 Å². The Morgan fingerprint density at radius 1 is 0.941 bits per heavy atom. The maximum atomic E-state index is 8.69. The van der Waals surface area contributed by atoms with Crippen molar-refractivity contribution in [2.75, 3.05) is 27.2 Å². The summed E-state index contributed by atoms with van der Waals surface area (Å²) in [7, 11) is 4.04. The Kier molecular flexibility index (Phi) is 7.99. The molecular formula is C14H29N3. The van der Waals surface area contributed by atoms with E-state index >= 15 is 0 Å². The molecule has 0 rings (SSSR count). The van der Waals surface area contributed by atoms with Crippen LogP contribution in [0.4, 0.5) is 0 Å². The van der Waals surface area contributed by atoms with Crippen LogP contribution >= 0.6 is 0 Å². The summed E-state index contributed by atoms with van der Waals surface area (Å²) in [5.41, 5.74) is 0. The third kappa shape index (κ3) is 7.23. The largest absolute Gasteiger partial charge is 0.314 e. The molecule has 2 unspecified atom stereocenters. The van der Waals surface area contributed by atoms with Crippen LogP contribution in [-0.4, -0.2) is 43.0 Å². The molecule has 0 aliphatic rings. The van der Waals surface area contributed by atoms with E-state index in [1.54, 1.807) is 4.90 Å². The quantitative estimate of drug-likeness (QED) is 0.482. The first kappa shape index (κ1) is 16.2. The van der Waals surface area contributed by atoms with Crippen LogP contribution in [0.2, 0.25) is 0 Å². The van der Waals surface area contributed by atoms with Gasteiger partial charge >= 0.3 is 0 Å². The summed E-state index contributed by atoms with van der Waals surface area (Å²) in [5, 5.41) is 8.69. The van der Waals surface area contributed by atoms with Crippen LogP contribution in [0.1, 0.15) is 40.5 Å². The molecule has 0 fully saturated rings. The first-order valence-corrected chi connectivity index (χ1v) is 6.69. The van der Waals surface area contributed by atoms with Crippen LogP contribution in [0.3, 0.4) is 0 Å². The van der Waals surface area contributed by atoms with E-state index in [2.05, 4.69) is 45.8 Å². The van der Waals surface area contributed by atoms with Crippen LogP contribution in [-0.2, 0) is 0 Å². The average molecular weight is 239 g/mol. The second-order valence-electron chi connectivity index (χ2n) is 5.63. The van der Waals surface area contributed by atoms with Crippen LogP contribution in [0.5, 0.6) is 0 Å². The van der Waals surface area contributed by atoms with E-state index in [9.17, 15) is 0 Å². The monoisotopic (exact) mass is 239 g/mol. The zero-order valence-corrected chi connectivity index (χ0v) is 12.4. The van der Waals surface area contributed by atoms with Gasteiger partial charge in [0, 0.05) is 19.6 Å². The molecule has 0 aromatic rings. The van der Waals surface area contributed by atoms with Crippen LogP contribution in [0.15, 0.2) is 0 Å². The Morgan fingerprint density at radius 2 is 1.41 bits per heavy atom. The van der Waals surface area contributed by atoms with Gasteiger partial charge < -0.3 is 9.80 Å². The Morgan fingerprint density at radius 3 is 1.82 bits per heavy atom. The summed E-state index contributed by atoms with van der Waals surface area (Å²) in [6.07, 6.45) is 4.50. The van der Waals surface area contributed by atoms with Crippen molar-refractivity contribution in [3.8, 4) is 6.19 Å². The van der Waals surface area contributed by atoms with Crippen molar-refractivity contribution >= 4 is 0 Å². The van der Waals surface area contributed by atoms with E-state index in [0.717, 1.165) is 25.4 Å². The van der Waals surface area contributed by atoms with E-state index < -0.39 is 0 Å². The SMILES string of the molecule is CC(CCN(C)C#N)C(C)CCN(C)C(C)C. The van der Waals surface area contributed by atoms with Gasteiger partial charge in [-0.15, -0.1) is 0 Å². The molecule has 2 atom stereocenters. The lowest BCUT2D eigenvalue weighted by Crippen LogP contribution is -2.29. The van der Waals surface area contributed by atoms with E-state index in [1.807, 2.05) is 7.05 Å². The van der Waals surface area contributed by atoms with Crippen LogP contribution in [0.25, 0.3) is 0 Å². The molecule has 0 aromatic heterocycles. The number of nitriles is 1. The van der Waals surface area contributed by atoms with Gasteiger partial charge in [-0.3, -0.25) is 0 Å². The Bertz CT molecular complexity index is 232. The Balaban J connectivity index is 3.82. The zero-order chi connectivity index (χ0) is 13.4. The highest BCUT2D eigenvalue weighted by atomic mass is 15.1. The smallest absolute Gasteiger partial charge is 0.179 e. The summed E-state index contributed by atoms with van der Waals surface area (Å²) < 4.78 is 0. The number of hydrogen-bond acceptors (Lipinski definition) is 3. The predicted molar refractivity (Wildman–Crippen MR) is 73.6 cm³/mol. The van der Waals surface area contributed by atoms with Gasteiger partial charge in [0.05, 0.1) is 0 Å². The van der Waals surface area contributed by atoms with E-state index in [0.29, 0.717) is 12.0 Å². The molecule has 0 spiro atoms. The van der Waals surface area contributed by atoms with Crippen molar-refractivity contribution in [1.29, 1.82) is 5.26 Å². The summed E-state index contributed by atoms with van der Waals surface area (Å²) in [5.74, 6) is 1.41. The van der Waals surface area contributed by atoms with Gasteiger partial charge in [0.25, 0.3) is 0 Å². The molecule has 3 heteroatoms. The molecule has 0 saturated carbocycles. The molecule has 0 amide bonds. The molecule has 0 heterocycles. The molecule has 3 nitrogen and oxygen atoms in total. The maximum Gasteiger partial charge on any atom is 0.179 e. The fraction of sp³-hybridized carbons (Fsp3) is 0.929. The third-order valence-electron chi connectivity index (χ3n) is 3.88. The second-order valence-corrected chi connectivity index (χ2v) is 5.63. The number of rotatable bonds is 8. The topological polar surface area (TPSA) is 30.3 Å². The normalized spacial score (nSPS) is 14.8. The van der Waals surface area contributed by atoms with Gasteiger partial charge in [0.1, 0.15) is 0 Å². The summed E-state index contributed by atoms with van der Waals surface area (Å²) in [6.45, 7) is 11.1. The van der Waals surface area contributed by atoms with E-state index in [-0.39, 0.29) is 0 Å². The predicted octanol–water partition coefficient (Wildman–Crippen LogP) is 2.79. The minimum absolute atomic E-state index is 0.627. The highest BCUT2D eigenvalue weighted by Crippen LogP contribution is 2.19. The van der Waals surface area contributed by atoms with Gasteiger partial charge in [0.15, 0.2) is 6.19 Å². The summed E-state index contributed by atoms with van der Waals surface area (Å²) in [4.78, 5) is 4.11. The molecule has 0 aliphatic heterocycles. The van der Waals surface area contributed by atoms with Crippen molar-refractivity contribution in [2.24, 2.45) is 11.8 Å². The zero-order valence-electron chi connectivity index (χ0n) is 12.4. The molecule has 0 N–H and O–H groups in total. The minimum Gasteiger partial charge on any atom is -0.314 e. The molecule has 0 aromatic carbocycles. The second kappa shape index (κ2) is 8.36. The van der Waals surface area contributed by atoms with Crippen molar-refractivity contribution in [1.82, 2.24) is 9.80 Å². The molecule has 0 bridgehead atoms.